The number of hydrogen-bond donors (Lipinski definition) is 1. The second-order valence-electron chi connectivity index (χ2n) is 4.40. The van der Waals surface area contributed by atoms with Gasteiger partial charge in [-0.3, -0.25) is 4.79 Å². The van der Waals surface area contributed by atoms with E-state index in [2.05, 4.69) is 36.5 Å². The molecule has 2 heteroatoms. The van der Waals surface area contributed by atoms with Crippen molar-refractivity contribution < 1.29 is 4.79 Å². The average Bonchev–Trinajstić information content (AvgIpc) is 2.28. The molecule has 0 aromatic heterocycles. The van der Waals surface area contributed by atoms with Crippen LogP contribution in [0.5, 0.6) is 0 Å². The predicted molar refractivity (Wildman–Crippen MR) is 65.6 cm³/mol. The van der Waals surface area contributed by atoms with E-state index in [-0.39, 0.29) is 5.91 Å². The highest BCUT2D eigenvalue weighted by atomic mass is 16.1. The fourth-order valence-electron chi connectivity index (χ4n) is 2.42. The highest BCUT2D eigenvalue weighted by Crippen LogP contribution is 2.36. The van der Waals surface area contributed by atoms with Gasteiger partial charge in [-0.15, -0.1) is 0 Å². The van der Waals surface area contributed by atoms with Crippen LogP contribution in [0.2, 0.25) is 0 Å². The van der Waals surface area contributed by atoms with E-state index in [4.69, 9.17) is 0 Å². The summed E-state index contributed by atoms with van der Waals surface area (Å²) in [5.74, 6) is 0.435. The Kier molecular flexibility index (Phi) is 1.96. The van der Waals surface area contributed by atoms with Gasteiger partial charge in [0.2, 0.25) is 5.91 Å². The molecular weight excluding hydrogens is 198 g/mol. The molecule has 16 heavy (non-hydrogen) atoms. The molecule has 0 spiro atoms. The van der Waals surface area contributed by atoms with Crippen LogP contribution in [0.25, 0.3) is 10.8 Å². The summed E-state index contributed by atoms with van der Waals surface area (Å²) in [4.78, 5) is 11.6. The summed E-state index contributed by atoms with van der Waals surface area (Å²) in [5, 5.41) is 5.31. The minimum absolute atomic E-state index is 0.122. The number of carbonyl (C=O) groups excluding carboxylic acids is 1. The van der Waals surface area contributed by atoms with E-state index in [1.165, 1.54) is 10.9 Å². The molecule has 1 amide bonds. The molecule has 0 radical (unpaired) electrons. The highest BCUT2D eigenvalue weighted by Gasteiger charge is 2.22. The zero-order valence-corrected chi connectivity index (χ0v) is 9.16. The molecule has 1 heterocycles. The maximum atomic E-state index is 11.6. The van der Waals surface area contributed by atoms with Crippen LogP contribution in [0.15, 0.2) is 36.4 Å². The number of rotatable bonds is 0. The normalized spacial score (nSPS) is 19.3. The number of benzene rings is 2. The van der Waals surface area contributed by atoms with Gasteiger partial charge in [0.15, 0.2) is 0 Å². The number of fused-ring (bicyclic) bond motifs is 3. The van der Waals surface area contributed by atoms with E-state index in [9.17, 15) is 4.79 Å². The van der Waals surface area contributed by atoms with Crippen LogP contribution in [0, 0.1) is 0 Å². The van der Waals surface area contributed by atoms with Crippen molar-refractivity contribution in [3.05, 3.63) is 42.0 Å². The lowest BCUT2D eigenvalue weighted by Gasteiger charge is -2.24. The second kappa shape index (κ2) is 3.34. The second-order valence-corrected chi connectivity index (χ2v) is 4.40. The fourth-order valence-corrected chi connectivity index (χ4v) is 2.42. The monoisotopic (exact) mass is 211 g/mol. The molecule has 1 N–H and O–H groups in total. The van der Waals surface area contributed by atoms with E-state index in [0.29, 0.717) is 12.3 Å². The molecule has 0 saturated carbocycles. The third kappa shape index (κ3) is 1.30. The van der Waals surface area contributed by atoms with Gasteiger partial charge in [0.1, 0.15) is 0 Å². The van der Waals surface area contributed by atoms with Crippen LogP contribution in [0.1, 0.15) is 24.8 Å². The maximum absolute atomic E-state index is 11.6. The number of anilines is 1. The molecule has 0 unspecified atom stereocenters. The van der Waals surface area contributed by atoms with Crippen molar-refractivity contribution in [2.75, 3.05) is 5.32 Å². The van der Waals surface area contributed by atoms with Gasteiger partial charge in [0, 0.05) is 11.8 Å². The predicted octanol–water partition coefficient (Wildman–Crippen LogP) is 3.29. The lowest BCUT2D eigenvalue weighted by atomic mass is 9.89. The first-order chi connectivity index (χ1) is 7.75. The Bertz CT molecular complexity index is 574. The van der Waals surface area contributed by atoms with Crippen molar-refractivity contribution in [2.45, 2.75) is 19.3 Å². The molecule has 2 nitrogen and oxygen atoms in total. The van der Waals surface area contributed by atoms with Crippen molar-refractivity contribution in [1.82, 2.24) is 0 Å². The summed E-state index contributed by atoms with van der Waals surface area (Å²) < 4.78 is 0. The zero-order chi connectivity index (χ0) is 11.1. The summed E-state index contributed by atoms with van der Waals surface area (Å²) in [6.07, 6.45) is 0.589. The van der Waals surface area contributed by atoms with Gasteiger partial charge in [-0.05, 0) is 16.9 Å². The molecule has 1 atom stereocenters. The first-order valence-corrected chi connectivity index (χ1v) is 5.57. The highest BCUT2D eigenvalue weighted by molar-refractivity contribution is 6.05. The number of hydrogen-bond acceptors (Lipinski definition) is 1. The lowest BCUT2D eigenvalue weighted by Crippen LogP contribution is -2.21. The molecule has 0 aliphatic carbocycles. The Morgan fingerprint density at radius 2 is 2.00 bits per heavy atom. The van der Waals surface area contributed by atoms with Crippen LogP contribution in [-0.4, -0.2) is 5.91 Å². The number of carbonyl (C=O) groups is 1. The molecule has 2 aromatic carbocycles. The smallest absolute Gasteiger partial charge is 0.225 e. The minimum Gasteiger partial charge on any atom is -0.325 e. The largest absolute Gasteiger partial charge is 0.325 e. The quantitative estimate of drug-likeness (QED) is 0.711. The number of nitrogens with one attached hydrogen (secondary N) is 1. The molecule has 0 fully saturated rings. The first kappa shape index (κ1) is 9.40. The van der Waals surface area contributed by atoms with Crippen molar-refractivity contribution in [1.29, 1.82) is 0 Å². The van der Waals surface area contributed by atoms with Crippen LogP contribution in [-0.2, 0) is 4.79 Å². The summed E-state index contributed by atoms with van der Waals surface area (Å²) in [7, 11) is 0. The average molecular weight is 211 g/mol. The van der Waals surface area contributed by atoms with E-state index in [1.54, 1.807) is 0 Å². The number of amides is 1. The van der Waals surface area contributed by atoms with Crippen LogP contribution >= 0.6 is 0 Å². The fraction of sp³-hybridized carbons (Fsp3) is 0.214. The van der Waals surface area contributed by atoms with E-state index < -0.39 is 0 Å². The van der Waals surface area contributed by atoms with Crippen molar-refractivity contribution in [3.63, 3.8) is 0 Å². The molecule has 80 valence electrons. The Morgan fingerprint density at radius 3 is 2.88 bits per heavy atom. The Hall–Kier alpha value is -1.83. The van der Waals surface area contributed by atoms with Crippen LogP contribution in [0.4, 0.5) is 5.69 Å². The summed E-state index contributed by atoms with van der Waals surface area (Å²) in [6.45, 7) is 2.10. The van der Waals surface area contributed by atoms with E-state index in [1.807, 2.05) is 12.1 Å². The summed E-state index contributed by atoms with van der Waals surface area (Å²) in [6, 6.07) is 12.4. The summed E-state index contributed by atoms with van der Waals surface area (Å²) >= 11 is 0. The van der Waals surface area contributed by atoms with Gasteiger partial charge in [-0.1, -0.05) is 43.3 Å². The van der Waals surface area contributed by atoms with Gasteiger partial charge in [0.05, 0.1) is 5.69 Å². The molecule has 2 aromatic rings. The SMILES string of the molecule is C[C@H]1CC(=O)Nc2c1ccc1ccccc21. The van der Waals surface area contributed by atoms with Crippen molar-refractivity contribution >= 4 is 22.4 Å². The Morgan fingerprint density at radius 1 is 1.19 bits per heavy atom. The Labute approximate surface area is 94.3 Å². The van der Waals surface area contributed by atoms with Crippen LogP contribution in [0.3, 0.4) is 0 Å². The van der Waals surface area contributed by atoms with Crippen LogP contribution < -0.4 is 5.32 Å². The molecule has 1 aliphatic rings. The maximum Gasteiger partial charge on any atom is 0.225 e. The molecule has 1 aliphatic heterocycles. The Balaban J connectivity index is 2.33. The zero-order valence-electron chi connectivity index (χ0n) is 9.16. The van der Waals surface area contributed by atoms with Gasteiger partial charge in [0.25, 0.3) is 0 Å². The lowest BCUT2D eigenvalue weighted by molar-refractivity contribution is -0.116. The standard InChI is InChI=1S/C14H13NO/c1-9-8-13(16)15-14-11(9)7-6-10-4-2-3-5-12(10)14/h2-7,9H,8H2,1H3,(H,15,16)/t9-/m0/s1. The van der Waals surface area contributed by atoms with E-state index in [0.717, 1.165) is 11.1 Å². The molecular formula is C14H13NO. The topological polar surface area (TPSA) is 29.1 Å². The van der Waals surface area contributed by atoms with Crippen molar-refractivity contribution in [3.8, 4) is 0 Å². The minimum atomic E-state index is 0.122. The molecule has 0 bridgehead atoms. The third-order valence-electron chi connectivity index (χ3n) is 3.25. The molecule has 0 saturated heterocycles. The molecule has 3 rings (SSSR count). The van der Waals surface area contributed by atoms with E-state index >= 15 is 0 Å². The first-order valence-electron chi connectivity index (χ1n) is 5.57. The van der Waals surface area contributed by atoms with Gasteiger partial charge in [-0.25, -0.2) is 0 Å². The summed E-state index contributed by atoms with van der Waals surface area (Å²) in [5.41, 5.74) is 2.25. The van der Waals surface area contributed by atoms with Gasteiger partial charge < -0.3 is 5.32 Å². The van der Waals surface area contributed by atoms with Crippen molar-refractivity contribution in [2.24, 2.45) is 0 Å². The van der Waals surface area contributed by atoms with Gasteiger partial charge >= 0.3 is 0 Å². The van der Waals surface area contributed by atoms with Gasteiger partial charge in [-0.2, -0.15) is 0 Å². The third-order valence-corrected chi connectivity index (χ3v) is 3.25.